The summed E-state index contributed by atoms with van der Waals surface area (Å²) in [7, 11) is 2.21. The predicted molar refractivity (Wildman–Crippen MR) is 87.1 cm³/mol. The lowest BCUT2D eigenvalue weighted by Gasteiger charge is -2.32. The van der Waals surface area contributed by atoms with Crippen LogP contribution in [-0.2, 0) is 0 Å². The van der Waals surface area contributed by atoms with Crippen LogP contribution < -0.4 is 0 Å². The van der Waals surface area contributed by atoms with Crippen molar-refractivity contribution in [3.8, 4) is 0 Å². The Bertz CT molecular complexity index is 242. The molecule has 0 unspecified atom stereocenters. The highest BCUT2D eigenvalue weighted by molar-refractivity contribution is 4.71. The molecule has 20 heavy (non-hydrogen) atoms. The molecule has 0 aromatic heterocycles. The first-order chi connectivity index (χ1) is 9.40. The number of hydrogen-bond acceptors (Lipinski definition) is 3. The summed E-state index contributed by atoms with van der Waals surface area (Å²) in [6.45, 7) is 13.4. The summed E-state index contributed by atoms with van der Waals surface area (Å²) in [6.07, 6.45) is 6.10. The molecule has 1 atom stereocenters. The topological polar surface area (TPSA) is 26.7 Å². The van der Waals surface area contributed by atoms with Crippen LogP contribution in [0.3, 0.4) is 0 Å². The quantitative estimate of drug-likeness (QED) is 0.742. The molecule has 1 aliphatic rings. The third-order valence-electron chi connectivity index (χ3n) is 4.52. The highest BCUT2D eigenvalue weighted by atomic mass is 16.3. The van der Waals surface area contributed by atoms with Gasteiger partial charge in [-0.05, 0) is 57.0 Å². The van der Waals surface area contributed by atoms with Crippen LogP contribution in [0, 0.1) is 11.3 Å². The van der Waals surface area contributed by atoms with E-state index < -0.39 is 0 Å². The molecule has 1 aliphatic heterocycles. The molecule has 3 nitrogen and oxygen atoms in total. The van der Waals surface area contributed by atoms with Gasteiger partial charge in [0.1, 0.15) is 0 Å². The van der Waals surface area contributed by atoms with E-state index >= 15 is 0 Å². The normalized spacial score (nSPS) is 20.2. The fourth-order valence-electron chi connectivity index (χ4n) is 2.93. The molecule has 0 amide bonds. The Labute approximate surface area is 126 Å². The average molecular weight is 284 g/mol. The van der Waals surface area contributed by atoms with Crippen molar-refractivity contribution in [2.75, 3.05) is 46.4 Å². The minimum absolute atomic E-state index is 0.351. The van der Waals surface area contributed by atoms with Crippen LogP contribution in [-0.4, -0.2) is 61.3 Å². The zero-order valence-electron chi connectivity index (χ0n) is 14.2. The largest absolute Gasteiger partial charge is 0.396 e. The number of aliphatic hydroxyl groups excluding tert-OH is 1. The second kappa shape index (κ2) is 9.01. The lowest BCUT2D eigenvalue weighted by Crippen LogP contribution is -2.44. The maximum Gasteiger partial charge on any atom is 0.0433 e. The molecule has 1 N–H and O–H groups in total. The molecular formula is C17H36N2O. The summed E-state index contributed by atoms with van der Waals surface area (Å²) >= 11 is 0. The SMILES string of the molecule is CN1CCN(CCC[C@H](CCO)CCC(C)(C)C)CC1. The molecule has 0 spiro atoms. The minimum atomic E-state index is 0.351. The number of hydrogen-bond donors (Lipinski definition) is 1. The maximum absolute atomic E-state index is 9.23. The van der Waals surface area contributed by atoms with E-state index in [2.05, 4.69) is 37.6 Å². The first-order valence-corrected chi connectivity index (χ1v) is 8.42. The second-order valence-corrected chi connectivity index (χ2v) is 7.76. The molecular weight excluding hydrogens is 248 g/mol. The van der Waals surface area contributed by atoms with Gasteiger partial charge in [0.15, 0.2) is 0 Å². The molecule has 1 heterocycles. The second-order valence-electron chi connectivity index (χ2n) is 7.76. The van der Waals surface area contributed by atoms with Crippen LogP contribution in [0.1, 0.15) is 52.9 Å². The van der Waals surface area contributed by atoms with Crippen molar-refractivity contribution < 1.29 is 5.11 Å². The third-order valence-corrected chi connectivity index (χ3v) is 4.52. The zero-order valence-corrected chi connectivity index (χ0v) is 14.2. The smallest absolute Gasteiger partial charge is 0.0433 e. The van der Waals surface area contributed by atoms with Gasteiger partial charge in [0, 0.05) is 32.8 Å². The Morgan fingerprint density at radius 1 is 1.00 bits per heavy atom. The number of aliphatic hydroxyl groups is 1. The van der Waals surface area contributed by atoms with Crippen LogP contribution in [0.4, 0.5) is 0 Å². The molecule has 3 heteroatoms. The Morgan fingerprint density at radius 2 is 1.65 bits per heavy atom. The maximum atomic E-state index is 9.23. The summed E-state index contributed by atoms with van der Waals surface area (Å²) in [5, 5.41) is 9.23. The summed E-state index contributed by atoms with van der Waals surface area (Å²) in [4.78, 5) is 5.01. The summed E-state index contributed by atoms with van der Waals surface area (Å²) < 4.78 is 0. The van der Waals surface area contributed by atoms with Crippen LogP contribution in [0.25, 0.3) is 0 Å². The summed E-state index contributed by atoms with van der Waals surface area (Å²) in [5.74, 6) is 0.715. The van der Waals surface area contributed by atoms with Crippen molar-refractivity contribution in [2.45, 2.75) is 52.9 Å². The van der Waals surface area contributed by atoms with E-state index in [1.165, 1.54) is 58.4 Å². The summed E-state index contributed by atoms with van der Waals surface area (Å²) in [6, 6.07) is 0. The van der Waals surface area contributed by atoms with E-state index in [1.54, 1.807) is 0 Å². The highest BCUT2D eigenvalue weighted by Gasteiger charge is 2.17. The molecule has 0 aromatic carbocycles. The standard InChI is InChI=1S/C17H36N2O/c1-17(2,3)9-7-16(8-15-20)6-5-10-19-13-11-18(4)12-14-19/h16,20H,5-15H2,1-4H3/t16-/m0/s1. The Balaban J connectivity index is 2.18. The number of nitrogens with zero attached hydrogens (tertiary/aromatic N) is 2. The van der Waals surface area contributed by atoms with E-state index in [0.29, 0.717) is 17.9 Å². The molecule has 1 saturated heterocycles. The van der Waals surface area contributed by atoms with Crippen LogP contribution in [0.15, 0.2) is 0 Å². The third kappa shape index (κ3) is 8.23. The molecule has 0 aliphatic carbocycles. The first-order valence-electron chi connectivity index (χ1n) is 8.42. The van der Waals surface area contributed by atoms with Crippen LogP contribution in [0.2, 0.25) is 0 Å². The number of piperazine rings is 1. The van der Waals surface area contributed by atoms with Crippen molar-refractivity contribution in [3.63, 3.8) is 0 Å². The van der Waals surface area contributed by atoms with Crippen LogP contribution >= 0.6 is 0 Å². The van der Waals surface area contributed by atoms with E-state index in [-0.39, 0.29) is 0 Å². The monoisotopic (exact) mass is 284 g/mol. The van der Waals surface area contributed by atoms with Gasteiger partial charge in [0.25, 0.3) is 0 Å². The van der Waals surface area contributed by atoms with Crippen molar-refractivity contribution in [1.82, 2.24) is 9.80 Å². The van der Waals surface area contributed by atoms with Gasteiger partial charge in [-0.25, -0.2) is 0 Å². The molecule has 0 saturated carbocycles. The first kappa shape index (κ1) is 17.9. The van der Waals surface area contributed by atoms with Crippen LogP contribution in [0.5, 0.6) is 0 Å². The lowest BCUT2D eigenvalue weighted by molar-refractivity contribution is 0.147. The molecule has 0 radical (unpaired) electrons. The Kier molecular flexibility index (Phi) is 8.08. The van der Waals surface area contributed by atoms with Gasteiger partial charge in [-0.2, -0.15) is 0 Å². The zero-order chi connectivity index (χ0) is 15.0. The van der Waals surface area contributed by atoms with E-state index in [9.17, 15) is 5.11 Å². The number of rotatable bonds is 8. The van der Waals surface area contributed by atoms with Crippen molar-refractivity contribution in [3.05, 3.63) is 0 Å². The Hall–Kier alpha value is -0.120. The molecule has 1 rings (SSSR count). The molecule has 1 fully saturated rings. The van der Waals surface area contributed by atoms with E-state index in [0.717, 1.165) is 6.42 Å². The van der Waals surface area contributed by atoms with Crippen molar-refractivity contribution in [1.29, 1.82) is 0 Å². The highest BCUT2D eigenvalue weighted by Crippen LogP contribution is 2.27. The summed E-state index contributed by atoms with van der Waals surface area (Å²) in [5.41, 5.74) is 0.422. The van der Waals surface area contributed by atoms with Gasteiger partial charge in [0.05, 0.1) is 0 Å². The lowest BCUT2D eigenvalue weighted by atomic mass is 9.84. The van der Waals surface area contributed by atoms with Gasteiger partial charge in [-0.15, -0.1) is 0 Å². The van der Waals surface area contributed by atoms with Crippen molar-refractivity contribution >= 4 is 0 Å². The minimum Gasteiger partial charge on any atom is -0.396 e. The van der Waals surface area contributed by atoms with Gasteiger partial charge in [-0.1, -0.05) is 20.8 Å². The molecule has 0 aromatic rings. The van der Waals surface area contributed by atoms with Gasteiger partial charge in [-0.3, -0.25) is 0 Å². The average Bonchev–Trinajstić information content (AvgIpc) is 2.37. The fourth-order valence-corrected chi connectivity index (χ4v) is 2.93. The Morgan fingerprint density at radius 3 is 2.20 bits per heavy atom. The fraction of sp³-hybridized carbons (Fsp3) is 1.00. The van der Waals surface area contributed by atoms with Gasteiger partial charge >= 0.3 is 0 Å². The van der Waals surface area contributed by atoms with Crippen molar-refractivity contribution in [2.24, 2.45) is 11.3 Å². The van der Waals surface area contributed by atoms with E-state index in [1.807, 2.05) is 0 Å². The van der Waals surface area contributed by atoms with E-state index in [4.69, 9.17) is 0 Å². The predicted octanol–water partition coefficient (Wildman–Crippen LogP) is 2.84. The number of likely N-dealkylation sites (N-methyl/N-ethyl adjacent to an activating group) is 1. The van der Waals surface area contributed by atoms with Gasteiger partial charge in [0.2, 0.25) is 0 Å². The van der Waals surface area contributed by atoms with Gasteiger partial charge < -0.3 is 14.9 Å². The molecule has 120 valence electrons. The molecule has 0 bridgehead atoms.